The summed E-state index contributed by atoms with van der Waals surface area (Å²) in [5.74, 6) is 0.286. The van der Waals surface area contributed by atoms with E-state index in [1.165, 1.54) is 23.1 Å². The van der Waals surface area contributed by atoms with Gasteiger partial charge in [0.05, 0.1) is 5.25 Å². The van der Waals surface area contributed by atoms with Crippen molar-refractivity contribution in [1.82, 2.24) is 21.0 Å². The summed E-state index contributed by atoms with van der Waals surface area (Å²) in [6, 6.07) is 8.69. The van der Waals surface area contributed by atoms with E-state index in [-0.39, 0.29) is 11.8 Å². The van der Waals surface area contributed by atoms with E-state index in [9.17, 15) is 9.59 Å². The zero-order chi connectivity index (χ0) is 16.7. The largest absolute Gasteiger partial charge is 0.272 e. The van der Waals surface area contributed by atoms with Gasteiger partial charge in [-0.05, 0) is 24.8 Å². The highest BCUT2D eigenvalue weighted by atomic mass is 32.2. The van der Waals surface area contributed by atoms with Crippen LogP contribution in [0.4, 0.5) is 0 Å². The van der Waals surface area contributed by atoms with Crippen LogP contribution in [-0.4, -0.2) is 33.0 Å². The predicted octanol–water partition coefficient (Wildman–Crippen LogP) is 2.59. The molecule has 0 radical (unpaired) electrons. The molecule has 0 saturated heterocycles. The molecule has 2 aromatic rings. The van der Waals surface area contributed by atoms with Crippen LogP contribution in [0.2, 0.25) is 0 Å². The molecule has 0 fully saturated rings. The molecular formula is C14H16N4O2S3. The molecule has 0 bridgehead atoms. The highest BCUT2D eigenvalue weighted by molar-refractivity contribution is 8.03. The molecule has 2 rings (SSSR count). The summed E-state index contributed by atoms with van der Waals surface area (Å²) in [7, 11) is 0. The number of aromatic nitrogens is 2. The lowest BCUT2D eigenvalue weighted by atomic mass is 10.2. The standard InChI is InChI=1S/C14H16N4O2S3/c1-3-21-13-17-18-14(23-13)22-9(2)11(19)15-16-12(20)10-7-5-4-6-8-10/h4-9H,3H2,1-2H3,(H,15,19)(H,16,20). The molecule has 2 amide bonds. The zero-order valence-corrected chi connectivity index (χ0v) is 15.1. The van der Waals surface area contributed by atoms with Gasteiger partial charge < -0.3 is 0 Å². The predicted molar refractivity (Wildman–Crippen MR) is 93.7 cm³/mol. The minimum absolute atomic E-state index is 0.292. The second-order valence-electron chi connectivity index (χ2n) is 4.34. The van der Waals surface area contributed by atoms with Gasteiger partial charge in [0, 0.05) is 5.56 Å². The van der Waals surface area contributed by atoms with Crippen molar-refractivity contribution in [3.8, 4) is 0 Å². The number of hydrogen-bond donors (Lipinski definition) is 2. The molecule has 0 aliphatic heterocycles. The first-order valence-electron chi connectivity index (χ1n) is 6.88. The Kier molecular flexibility index (Phi) is 6.87. The van der Waals surface area contributed by atoms with Crippen molar-refractivity contribution in [2.75, 3.05) is 5.75 Å². The molecule has 9 heteroatoms. The first-order valence-corrected chi connectivity index (χ1v) is 9.56. The Balaban J connectivity index is 1.81. The molecule has 2 N–H and O–H groups in total. The second kappa shape index (κ2) is 8.90. The maximum atomic E-state index is 12.0. The number of nitrogens with zero attached hydrogens (tertiary/aromatic N) is 2. The van der Waals surface area contributed by atoms with Crippen molar-refractivity contribution in [3.05, 3.63) is 35.9 Å². The lowest BCUT2D eigenvalue weighted by molar-refractivity contribution is -0.121. The minimum Gasteiger partial charge on any atom is -0.272 e. The topological polar surface area (TPSA) is 84.0 Å². The first-order chi connectivity index (χ1) is 11.1. The molecule has 0 saturated carbocycles. The molecule has 0 aliphatic carbocycles. The number of nitrogens with one attached hydrogen (secondary N) is 2. The van der Waals surface area contributed by atoms with Crippen molar-refractivity contribution in [2.24, 2.45) is 0 Å². The maximum absolute atomic E-state index is 12.0. The van der Waals surface area contributed by atoms with Gasteiger partial charge in [-0.3, -0.25) is 20.4 Å². The van der Waals surface area contributed by atoms with Crippen molar-refractivity contribution in [1.29, 1.82) is 0 Å². The van der Waals surface area contributed by atoms with Gasteiger partial charge in [-0.1, -0.05) is 60.0 Å². The summed E-state index contributed by atoms with van der Waals surface area (Å²) in [6.45, 7) is 3.80. The van der Waals surface area contributed by atoms with Crippen molar-refractivity contribution in [3.63, 3.8) is 0 Å². The van der Waals surface area contributed by atoms with E-state index in [1.54, 1.807) is 43.0 Å². The second-order valence-corrected chi connectivity index (χ2v) is 8.41. The summed E-state index contributed by atoms with van der Waals surface area (Å²) in [6.07, 6.45) is 0. The Morgan fingerprint density at radius 2 is 1.87 bits per heavy atom. The molecule has 1 unspecified atom stereocenters. The molecule has 122 valence electrons. The minimum atomic E-state index is -0.390. The third-order valence-corrected chi connectivity index (χ3v) is 5.76. The SMILES string of the molecule is CCSc1nnc(SC(C)C(=O)NNC(=O)c2ccccc2)s1. The molecule has 6 nitrogen and oxygen atoms in total. The van der Waals surface area contributed by atoms with Gasteiger partial charge in [0.2, 0.25) is 0 Å². The third kappa shape index (κ3) is 5.52. The van der Waals surface area contributed by atoms with E-state index in [4.69, 9.17) is 0 Å². The Hall–Kier alpha value is -1.58. The van der Waals surface area contributed by atoms with Gasteiger partial charge in [-0.25, -0.2) is 0 Å². The van der Waals surface area contributed by atoms with Gasteiger partial charge in [-0.2, -0.15) is 0 Å². The fourth-order valence-corrected chi connectivity index (χ4v) is 4.57. The number of amides is 2. The summed E-state index contributed by atoms with van der Waals surface area (Å²) in [5, 5.41) is 7.69. The van der Waals surface area contributed by atoms with Gasteiger partial charge >= 0.3 is 0 Å². The smallest absolute Gasteiger partial charge is 0.269 e. The summed E-state index contributed by atoms with van der Waals surface area (Å²) in [5.41, 5.74) is 5.31. The Morgan fingerprint density at radius 1 is 1.17 bits per heavy atom. The molecule has 1 aromatic heterocycles. The molecule has 0 aliphatic rings. The summed E-state index contributed by atoms with van der Waals surface area (Å²) < 4.78 is 1.62. The van der Waals surface area contributed by atoms with Crippen LogP contribution in [0.25, 0.3) is 0 Å². The number of rotatable bonds is 6. The molecule has 1 atom stereocenters. The number of carbonyl (C=O) groups excluding carboxylic acids is 2. The van der Waals surface area contributed by atoms with E-state index >= 15 is 0 Å². The highest BCUT2D eigenvalue weighted by Crippen LogP contribution is 2.30. The van der Waals surface area contributed by atoms with Crippen LogP contribution in [-0.2, 0) is 4.79 Å². The average Bonchev–Trinajstić information content (AvgIpc) is 3.00. The van der Waals surface area contributed by atoms with Crippen LogP contribution in [0.1, 0.15) is 24.2 Å². The molecule has 1 heterocycles. The number of thioether (sulfide) groups is 2. The summed E-state index contributed by atoms with van der Waals surface area (Å²) in [4.78, 5) is 23.9. The Bertz CT molecular complexity index is 663. The van der Waals surface area contributed by atoms with Crippen molar-refractivity contribution in [2.45, 2.75) is 27.8 Å². The van der Waals surface area contributed by atoms with Crippen LogP contribution >= 0.6 is 34.9 Å². The molecule has 0 spiro atoms. The van der Waals surface area contributed by atoms with E-state index in [0.29, 0.717) is 5.56 Å². The van der Waals surface area contributed by atoms with Crippen LogP contribution in [0.5, 0.6) is 0 Å². The average molecular weight is 369 g/mol. The quantitative estimate of drug-likeness (QED) is 0.602. The summed E-state index contributed by atoms with van der Waals surface area (Å²) >= 11 is 4.39. The van der Waals surface area contributed by atoms with Gasteiger partial charge in [0.25, 0.3) is 11.8 Å². The van der Waals surface area contributed by atoms with E-state index < -0.39 is 5.25 Å². The molecule has 1 aromatic carbocycles. The van der Waals surface area contributed by atoms with E-state index in [1.807, 2.05) is 13.0 Å². The fraction of sp³-hybridized carbons (Fsp3) is 0.286. The first kappa shape index (κ1) is 17.8. The molecular weight excluding hydrogens is 352 g/mol. The monoisotopic (exact) mass is 368 g/mol. The number of hydrazine groups is 1. The number of carbonyl (C=O) groups is 2. The molecule has 23 heavy (non-hydrogen) atoms. The lowest BCUT2D eigenvalue weighted by Crippen LogP contribution is -2.44. The van der Waals surface area contributed by atoms with Crippen LogP contribution in [0, 0.1) is 0 Å². The van der Waals surface area contributed by atoms with Gasteiger partial charge in [-0.15, -0.1) is 10.2 Å². The lowest BCUT2D eigenvalue weighted by Gasteiger charge is -2.11. The normalized spacial score (nSPS) is 11.7. The van der Waals surface area contributed by atoms with Crippen LogP contribution < -0.4 is 10.9 Å². The van der Waals surface area contributed by atoms with Crippen molar-refractivity contribution < 1.29 is 9.59 Å². The fourth-order valence-electron chi connectivity index (χ4n) is 1.51. The zero-order valence-electron chi connectivity index (χ0n) is 12.6. The van der Waals surface area contributed by atoms with Gasteiger partial charge in [0.1, 0.15) is 0 Å². The maximum Gasteiger partial charge on any atom is 0.269 e. The van der Waals surface area contributed by atoms with Gasteiger partial charge in [0.15, 0.2) is 8.68 Å². The van der Waals surface area contributed by atoms with Crippen LogP contribution in [0.3, 0.4) is 0 Å². The van der Waals surface area contributed by atoms with Crippen LogP contribution in [0.15, 0.2) is 39.0 Å². The highest BCUT2D eigenvalue weighted by Gasteiger charge is 2.18. The Labute approximate surface area is 146 Å². The Morgan fingerprint density at radius 3 is 2.57 bits per heavy atom. The third-order valence-electron chi connectivity index (χ3n) is 2.64. The van der Waals surface area contributed by atoms with Crippen molar-refractivity contribution >= 4 is 46.7 Å². The number of benzene rings is 1. The van der Waals surface area contributed by atoms with E-state index in [2.05, 4.69) is 21.0 Å². The number of hydrogen-bond acceptors (Lipinski definition) is 7. The van der Waals surface area contributed by atoms with E-state index in [0.717, 1.165) is 14.4 Å².